The molecule has 0 spiro atoms. The molecular weight excluding hydrogens is 409 g/mol. The van der Waals surface area contributed by atoms with Gasteiger partial charge in [-0.25, -0.2) is 0 Å². The van der Waals surface area contributed by atoms with Crippen molar-refractivity contribution in [2.75, 3.05) is 5.32 Å². The molecule has 0 aliphatic carbocycles. The maximum Gasteiger partial charge on any atom is 0.120 e. The fourth-order valence-corrected chi connectivity index (χ4v) is 6.04. The summed E-state index contributed by atoms with van der Waals surface area (Å²) in [5.74, 6) is 0.891. The summed E-state index contributed by atoms with van der Waals surface area (Å²) in [7, 11) is -0.743. The van der Waals surface area contributed by atoms with Gasteiger partial charge in [0.15, 0.2) is 0 Å². The molecule has 0 heterocycles. The molecule has 3 heteroatoms. The van der Waals surface area contributed by atoms with E-state index in [1.807, 2.05) is 18.2 Å². The minimum Gasteiger partial charge on any atom is -0.489 e. The molecule has 0 radical (unpaired) electrons. The van der Waals surface area contributed by atoms with Crippen LogP contribution in [0.4, 0.5) is 5.69 Å². The third kappa shape index (κ3) is 5.78. The Labute approximate surface area is 193 Å². The summed E-state index contributed by atoms with van der Waals surface area (Å²) in [6.45, 7) is 7.15. The Bertz CT molecular complexity index is 1080. The van der Waals surface area contributed by atoms with Crippen molar-refractivity contribution < 1.29 is 4.74 Å². The Hall–Kier alpha value is -3.09. The molecule has 0 fully saturated rings. The van der Waals surface area contributed by atoms with Crippen LogP contribution < -0.4 is 26.0 Å². The Balaban J connectivity index is 1.78. The van der Waals surface area contributed by atoms with Gasteiger partial charge < -0.3 is 10.1 Å². The fraction of sp³-hybridized carbons (Fsp3) is 0.172. The number of nitrogens with one attached hydrogen (secondary N) is 1. The van der Waals surface area contributed by atoms with Crippen molar-refractivity contribution >= 4 is 29.5 Å². The van der Waals surface area contributed by atoms with E-state index in [2.05, 4.69) is 117 Å². The molecule has 0 aliphatic heterocycles. The maximum absolute atomic E-state index is 6.22. The first-order valence-corrected chi connectivity index (χ1v) is 12.3. The SMILES string of the molecule is CC(C)(C)Nc1ccc(OCc2ccccc2)cc1P(c1ccccc1)c1ccccc1. The van der Waals surface area contributed by atoms with Crippen LogP contribution in [-0.4, -0.2) is 5.54 Å². The van der Waals surface area contributed by atoms with Crippen molar-refractivity contribution in [3.63, 3.8) is 0 Å². The molecule has 0 aromatic heterocycles. The Morgan fingerprint density at radius 3 is 1.75 bits per heavy atom. The van der Waals surface area contributed by atoms with E-state index in [-0.39, 0.29) is 5.54 Å². The van der Waals surface area contributed by atoms with Crippen LogP contribution in [0.15, 0.2) is 109 Å². The van der Waals surface area contributed by atoms with Gasteiger partial charge in [0.05, 0.1) is 0 Å². The van der Waals surface area contributed by atoms with E-state index in [4.69, 9.17) is 4.74 Å². The van der Waals surface area contributed by atoms with Crippen LogP contribution in [0.1, 0.15) is 26.3 Å². The summed E-state index contributed by atoms with van der Waals surface area (Å²) >= 11 is 0. The van der Waals surface area contributed by atoms with Gasteiger partial charge in [0.2, 0.25) is 0 Å². The highest BCUT2D eigenvalue weighted by atomic mass is 31.1. The lowest BCUT2D eigenvalue weighted by Crippen LogP contribution is -2.31. The topological polar surface area (TPSA) is 21.3 Å². The average Bonchev–Trinajstić information content (AvgIpc) is 2.80. The van der Waals surface area contributed by atoms with Gasteiger partial charge in [-0.1, -0.05) is 91.0 Å². The summed E-state index contributed by atoms with van der Waals surface area (Å²) < 4.78 is 6.22. The first-order valence-electron chi connectivity index (χ1n) is 11.0. The van der Waals surface area contributed by atoms with Gasteiger partial charge in [0, 0.05) is 16.5 Å². The molecular formula is C29H30NOP. The van der Waals surface area contributed by atoms with Gasteiger partial charge in [-0.15, -0.1) is 0 Å². The normalized spacial score (nSPS) is 11.4. The molecule has 2 nitrogen and oxygen atoms in total. The lowest BCUT2D eigenvalue weighted by atomic mass is 10.1. The van der Waals surface area contributed by atoms with Gasteiger partial charge in [-0.2, -0.15) is 0 Å². The van der Waals surface area contributed by atoms with Crippen LogP contribution in [-0.2, 0) is 6.61 Å². The highest BCUT2D eigenvalue weighted by Crippen LogP contribution is 2.37. The van der Waals surface area contributed by atoms with Gasteiger partial charge >= 0.3 is 0 Å². The first kappa shape index (κ1) is 22.1. The minimum atomic E-state index is -0.743. The summed E-state index contributed by atoms with van der Waals surface area (Å²) in [5.41, 5.74) is 2.28. The van der Waals surface area contributed by atoms with Crippen molar-refractivity contribution in [3.8, 4) is 5.75 Å². The number of rotatable bonds is 7. The zero-order chi connectivity index (χ0) is 22.4. The molecule has 0 unspecified atom stereocenters. The van der Waals surface area contributed by atoms with E-state index in [1.54, 1.807) is 0 Å². The van der Waals surface area contributed by atoms with Crippen LogP contribution in [0.2, 0.25) is 0 Å². The summed E-state index contributed by atoms with van der Waals surface area (Å²) in [6, 6.07) is 38.4. The number of ether oxygens (including phenoxy) is 1. The highest BCUT2D eigenvalue weighted by Gasteiger charge is 2.22. The van der Waals surface area contributed by atoms with Crippen LogP contribution >= 0.6 is 7.92 Å². The second kappa shape index (κ2) is 10.0. The molecule has 4 aromatic rings. The maximum atomic E-state index is 6.22. The van der Waals surface area contributed by atoms with E-state index >= 15 is 0 Å². The van der Waals surface area contributed by atoms with Crippen LogP contribution in [0.25, 0.3) is 0 Å². The van der Waals surface area contributed by atoms with Crippen LogP contribution in [0, 0.1) is 0 Å². The summed E-state index contributed by atoms with van der Waals surface area (Å²) in [4.78, 5) is 0. The smallest absolute Gasteiger partial charge is 0.120 e. The monoisotopic (exact) mass is 439 g/mol. The summed E-state index contributed by atoms with van der Waals surface area (Å²) in [5, 5.41) is 7.66. The first-order chi connectivity index (χ1) is 15.5. The molecule has 32 heavy (non-hydrogen) atoms. The Kier molecular flexibility index (Phi) is 6.93. The van der Waals surface area contributed by atoms with Gasteiger partial charge in [-0.3, -0.25) is 0 Å². The van der Waals surface area contributed by atoms with Crippen molar-refractivity contribution in [3.05, 3.63) is 115 Å². The average molecular weight is 440 g/mol. The lowest BCUT2D eigenvalue weighted by molar-refractivity contribution is 0.306. The minimum absolute atomic E-state index is 0.0461. The molecule has 0 atom stereocenters. The number of benzene rings is 4. The molecule has 4 rings (SSSR count). The predicted octanol–water partition coefficient (Wildman–Crippen LogP) is 6.23. The van der Waals surface area contributed by atoms with E-state index in [9.17, 15) is 0 Å². The summed E-state index contributed by atoms with van der Waals surface area (Å²) in [6.07, 6.45) is 0. The van der Waals surface area contributed by atoms with E-state index in [1.165, 1.54) is 21.5 Å². The van der Waals surface area contributed by atoms with Gasteiger partial charge in [0.25, 0.3) is 0 Å². The quantitative estimate of drug-likeness (QED) is 0.345. The van der Waals surface area contributed by atoms with Crippen molar-refractivity contribution in [1.29, 1.82) is 0 Å². The van der Waals surface area contributed by atoms with Crippen LogP contribution in [0.3, 0.4) is 0 Å². The molecule has 4 aromatic carbocycles. The number of hydrogen-bond acceptors (Lipinski definition) is 2. The molecule has 1 N–H and O–H groups in total. The molecule has 0 bridgehead atoms. The molecule has 0 aliphatic rings. The van der Waals surface area contributed by atoms with E-state index < -0.39 is 7.92 Å². The fourth-order valence-electron chi connectivity index (χ4n) is 3.62. The third-order valence-corrected chi connectivity index (χ3v) is 7.48. The standard InChI is InChI=1S/C29H30NOP/c1-29(2,3)30-27-20-19-24(31-22-23-13-7-4-8-14-23)21-28(27)32(25-15-9-5-10-16-25)26-17-11-6-12-18-26/h4-21,30H,22H2,1-3H3. The lowest BCUT2D eigenvalue weighted by Gasteiger charge is -2.28. The number of hydrogen-bond donors (Lipinski definition) is 1. The Morgan fingerprint density at radius 2 is 1.22 bits per heavy atom. The zero-order valence-electron chi connectivity index (χ0n) is 19.0. The van der Waals surface area contributed by atoms with Crippen molar-refractivity contribution in [2.24, 2.45) is 0 Å². The van der Waals surface area contributed by atoms with Crippen molar-refractivity contribution in [2.45, 2.75) is 32.9 Å². The molecule has 0 saturated heterocycles. The number of anilines is 1. The van der Waals surface area contributed by atoms with Crippen molar-refractivity contribution in [1.82, 2.24) is 0 Å². The molecule has 0 saturated carbocycles. The van der Waals surface area contributed by atoms with E-state index in [0.29, 0.717) is 6.61 Å². The zero-order valence-corrected chi connectivity index (χ0v) is 19.8. The molecule has 162 valence electrons. The predicted molar refractivity (Wildman–Crippen MR) is 139 cm³/mol. The Morgan fingerprint density at radius 1 is 0.688 bits per heavy atom. The third-order valence-electron chi connectivity index (χ3n) is 5.00. The van der Waals surface area contributed by atoms with E-state index in [0.717, 1.165) is 11.4 Å². The molecule has 0 amide bonds. The second-order valence-corrected chi connectivity index (χ2v) is 11.0. The highest BCUT2D eigenvalue weighted by molar-refractivity contribution is 7.80. The largest absolute Gasteiger partial charge is 0.489 e. The second-order valence-electron chi connectivity index (χ2n) is 8.83. The van der Waals surface area contributed by atoms with Gasteiger partial charge in [-0.05, 0) is 63.1 Å². The van der Waals surface area contributed by atoms with Crippen LogP contribution in [0.5, 0.6) is 5.75 Å². The van der Waals surface area contributed by atoms with Gasteiger partial charge in [0.1, 0.15) is 12.4 Å².